The summed E-state index contributed by atoms with van der Waals surface area (Å²) < 4.78 is 8.35. The Kier molecular flexibility index (Phi) is 6.02. The van der Waals surface area contributed by atoms with Crippen molar-refractivity contribution in [3.63, 3.8) is 0 Å². The summed E-state index contributed by atoms with van der Waals surface area (Å²) in [4.78, 5) is 21.0. The minimum Gasteiger partial charge on any atom is -0.371 e. The molecule has 1 amide bonds. The number of hydrogen-bond acceptors (Lipinski definition) is 6. The second kappa shape index (κ2) is 9.06. The third-order valence-corrected chi connectivity index (χ3v) is 7.55. The molecule has 164 valence electrons. The highest BCUT2D eigenvalue weighted by Crippen LogP contribution is 2.37. The zero-order valence-electron chi connectivity index (χ0n) is 17.9. The fourth-order valence-electron chi connectivity index (χ4n) is 4.84. The number of aromatic nitrogens is 3. The summed E-state index contributed by atoms with van der Waals surface area (Å²) in [6, 6.07) is 4.52. The maximum absolute atomic E-state index is 12.6. The van der Waals surface area contributed by atoms with Crippen molar-refractivity contribution in [1.82, 2.24) is 25.0 Å². The number of rotatable bonds is 5. The van der Waals surface area contributed by atoms with Gasteiger partial charge in [0.25, 0.3) is 5.91 Å². The first-order valence-corrected chi connectivity index (χ1v) is 12.0. The van der Waals surface area contributed by atoms with Gasteiger partial charge in [-0.3, -0.25) is 14.4 Å². The Bertz CT molecular complexity index is 1060. The number of thiophene rings is 1. The second-order valence-corrected chi connectivity index (χ2v) is 9.49. The summed E-state index contributed by atoms with van der Waals surface area (Å²) >= 11 is 1.44. The van der Waals surface area contributed by atoms with Crippen LogP contribution in [0.5, 0.6) is 0 Å². The van der Waals surface area contributed by atoms with Gasteiger partial charge >= 0.3 is 0 Å². The number of morpholine rings is 1. The number of carbonyl (C=O) groups excluding carboxylic acids is 1. The molecular formula is C23H29N5O2S. The van der Waals surface area contributed by atoms with Crippen LogP contribution in [0.2, 0.25) is 0 Å². The molecule has 5 rings (SSSR count). The maximum Gasteiger partial charge on any atom is 0.261 e. The van der Waals surface area contributed by atoms with E-state index in [-0.39, 0.29) is 12.0 Å². The van der Waals surface area contributed by atoms with Crippen LogP contribution < -0.4 is 5.32 Å². The number of ether oxygens (including phenoxy) is 1. The number of amides is 1. The minimum atomic E-state index is -0.146. The van der Waals surface area contributed by atoms with Gasteiger partial charge in [-0.15, -0.1) is 11.3 Å². The molecule has 31 heavy (non-hydrogen) atoms. The summed E-state index contributed by atoms with van der Waals surface area (Å²) in [6.07, 6.45) is 12.3. The Balaban J connectivity index is 1.34. The van der Waals surface area contributed by atoms with Crippen molar-refractivity contribution in [2.45, 2.75) is 50.8 Å². The quantitative estimate of drug-likeness (QED) is 0.652. The maximum atomic E-state index is 12.6. The molecule has 1 saturated carbocycles. The molecule has 1 N–H and O–H groups in total. The first-order valence-electron chi connectivity index (χ1n) is 11.2. The number of carbonyl (C=O) groups is 1. The van der Waals surface area contributed by atoms with Gasteiger partial charge in [-0.05, 0) is 18.9 Å². The molecule has 3 aromatic rings. The van der Waals surface area contributed by atoms with E-state index in [1.807, 2.05) is 18.3 Å². The lowest BCUT2D eigenvalue weighted by Gasteiger charge is -2.33. The molecule has 0 bridgehead atoms. The zero-order valence-corrected chi connectivity index (χ0v) is 18.7. The highest BCUT2D eigenvalue weighted by atomic mass is 32.1. The van der Waals surface area contributed by atoms with E-state index in [0.29, 0.717) is 17.5 Å². The highest BCUT2D eigenvalue weighted by molar-refractivity contribution is 7.20. The van der Waals surface area contributed by atoms with Gasteiger partial charge in [0.1, 0.15) is 9.71 Å². The molecular weight excluding hydrogens is 410 g/mol. The Hall–Kier alpha value is -2.29. The molecule has 2 aliphatic rings. The van der Waals surface area contributed by atoms with Gasteiger partial charge in [-0.2, -0.15) is 5.10 Å². The van der Waals surface area contributed by atoms with Crippen molar-refractivity contribution in [3.05, 3.63) is 46.7 Å². The topological polar surface area (TPSA) is 72.3 Å². The van der Waals surface area contributed by atoms with E-state index < -0.39 is 0 Å². The van der Waals surface area contributed by atoms with Gasteiger partial charge in [0.15, 0.2) is 0 Å². The molecule has 1 aliphatic heterocycles. The summed E-state index contributed by atoms with van der Waals surface area (Å²) in [5.41, 5.74) is 2.21. The van der Waals surface area contributed by atoms with Crippen molar-refractivity contribution >= 4 is 27.5 Å². The fourth-order valence-corrected chi connectivity index (χ4v) is 5.98. The summed E-state index contributed by atoms with van der Waals surface area (Å²) in [6.45, 7) is 3.12. The Morgan fingerprint density at radius 3 is 3.03 bits per heavy atom. The SMILES string of the molecule is CNC(=O)c1sc2ncccc2c1C1CN(Cc2cnn(C3CCCCC3)c2)CCO1. The van der Waals surface area contributed by atoms with Crippen molar-refractivity contribution in [2.24, 2.45) is 0 Å². The van der Waals surface area contributed by atoms with Crippen molar-refractivity contribution in [1.29, 1.82) is 0 Å². The molecule has 4 heterocycles. The zero-order chi connectivity index (χ0) is 21.2. The molecule has 1 atom stereocenters. The van der Waals surface area contributed by atoms with Crippen LogP contribution in [0.15, 0.2) is 30.7 Å². The van der Waals surface area contributed by atoms with Crippen LogP contribution in [0.3, 0.4) is 0 Å². The van der Waals surface area contributed by atoms with Crippen LogP contribution in [0.4, 0.5) is 0 Å². The third-order valence-electron chi connectivity index (χ3n) is 6.42. The molecule has 3 aromatic heterocycles. The molecule has 1 saturated heterocycles. The average molecular weight is 440 g/mol. The predicted molar refractivity (Wildman–Crippen MR) is 121 cm³/mol. The summed E-state index contributed by atoms with van der Waals surface area (Å²) in [7, 11) is 1.67. The van der Waals surface area contributed by atoms with Gasteiger partial charge in [-0.25, -0.2) is 4.98 Å². The molecule has 0 spiro atoms. The highest BCUT2D eigenvalue weighted by Gasteiger charge is 2.30. The lowest BCUT2D eigenvalue weighted by Crippen LogP contribution is -2.38. The Morgan fingerprint density at radius 1 is 1.32 bits per heavy atom. The standard InChI is InChI=1S/C23H29N5O2S/c1-24-22(29)21-20(18-8-5-9-25-23(18)31-21)19-15-27(10-11-30-19)13-16-12-26-28(14-16)17-6-3-2-4-7-17/h5,8-9,12,14,17,19H,2-4,6-7,10-11,13,15H2,1H3,(H,24,29). The monoisotopic (exact) mass is 439 g/mol. The molecule has 2 fully saturated rings. The van der Waals surface area contributed by atoms with E-state index >= 15 is 0 Å². The Labute approximate surface area is 186 Å². The second-order valence-electron chi connectivity index (χ2n) is 8.50. The van der Waals surface area contributed by atoms with E-state index in [1.165, 1.54) is 49.0 Å². The molecule has 1 aliphatic carbocycles. The van der Waals surface area contributed by atoms with Crippen LogP contribution in [0.1, 0.15) is 65.0 Å². The third kappa shape index (κ3) is 4.24. The van der Waals surface area contributed by atoms with Gasteiger partial charge in [0.2, 0.25) is 0 Å². The molecule has 8 heteroatoms. The largest absolute Gasteiger partial charge is 0.371 e. The average Bonchev–Trinajstić information content (AvgIpc) is 3.44. The van der Waals surface area contributed by atoms with Gasteiger partial charge in [-0.1, -0.05) is 25.3 Å². The number of nitrogens with one attached hydrogen (secondary N) is 1. The van der Waals surface area contributed by atoms with Gasteiger partial charge < -0.3 is 10.1 Å². The van der Waals surface area contributed by atoms with Gasteiger partial charge in [0, 0.05) is 55.6 Å². The van der Waals surface area contributed by atoms with Crippen LogP contribution >= 0.6 is 11.3 Å². The lowest BCUT2D eigenvalue weighted by atomic mass is 9.96. The van der Waals surface area contributed by atoms with E-state index in [1.54, 1.807) is 13.2 Å². The minimum absolute atomic E-state index is 0.0764. The molecule has 7 nitrogen and oxygen atoms in total. The van der Waals surface area contributed by atoms with Crippen LogP contribution in [-0.2, 0) is 11.3 Å². The van der Waals surface area contributed by atoms with E-state index in [0.717, 1.165) is 35.4 Å². The number of fused-ring (bicyclic) bond motifs is 1. The molecule has 0 radical (unpaired) electrons. The van der Waals surface area contributed by atoms with Crippen molar-refractivity contribution in [2.75, 3.05) is 26.7 Å². The van der Waals surface area contributed by atoms with Gasteiger partial charge in [0.05, 0.1) is 24.9 Å². The van der Waals surface area contributed by atoms with E-state index in [9.17, 15) is 4.79 Å². The fraction of sp³-hybridized carbons (Fsp3) is 0.522. The van der Waals surface area contributed by atoms with E-state index in [4.69, 9.17) is 4.74 Å². The summed E-state index contributed by atoms with van der Waals surface area (Å²) in [5.74, 6) is -0.0764. The van der Waals surface area contributed by atoms with Crippen LogP contribution in [-0.4, -0.2) is 52.3 Å². The van der Waals surface area contributed by atoms with Crippen molar-refractivity contribution in [3.8, 4) is 0 Å². The van der Waals surface area contributed by atoms with E-state index in [2.05, 4.69) is 31.2 Å². The van der Waals surface area contributed by atoms with Crippen molar-refractivity contribution < 1.29 is 9.53 Å². The van der Waals surface area contributed by atoms with Crippen LogP contribution in [0.25, 0.3) is 10.2 Å². The Morgan fingerprint density at radius 2 is 2.19 bits per heavy atom. The smallest absolute Gasteiger partial charge is 0.261 e. The number of pyridine rings is 1. The molecule has 0 aromatic carbocycles. The molecule has 1 unspecified atom stereocenters. The first-order chi connectivity index (χ1) is 15.2. The summed E-state index contributed by atoms with van der Waals surface area (Å²) in [5, 5.41) is 8.45. The number of nitrogens with zero attached hydrogens (tertiary/aromatic N) is 4. The number of hydrogen-bond donors (Lipinski definition) is 1. The van der Waals surface area contributed by atoms with Crippen LogP contribution in [0, 0.1) is 0 Å². The lowest BCUT2D eigenvalue weighted by molar-refractivity contribution is -0.0323. The predicted octanol–water partition coefficient (Wildman–Crippen LogP) is 3.93. The first kappa shape index (κ1) is 20.6. The normalized spacial score (nSPS) is 20.9.